The Morgan fingerprint density at radius 2 is 0.650 bits per heavy atom. The molecule has 0 aliphatic heterocycles. The number of phenolic OH excluding ortho intramolecular Hbond substituents is 2. The molecule has 10 rings (SSSR count). The van der Waals surface area contributed by atoms with Crippen LogP contribution in [0.2, 0.25) is 0 Å². The molecule has 2 atom stereocenters. The Bertz CT molecular complexity index is 6050. The van der Waals surface area contributed by atoms with E-state index in [1.807, 2.05) is 48.5 Å². The van der Waals surface area contributed by atoms with Gasteiger partial charge in [0, 0.05) is 47.2 Å². The predicted octanol–water partition coefficient (Wildman–Crippen LogP) is 11.0. The van der Waals surface area contributed by atoms with Crippen molar-refractivity contribution in [2.24, 2.45) is 10.2 Å². The first-order chi connectivity index (χ1) is 58.2. The number of nitrogens with zero attached hydrogens (tertiary/aromatic N) is 2. The summed E-state index contributed by atoms with van der Waals surface area (Å²) in [5.41, 5.74) is 15.4. The number of hydrazine groups is 2. The first-order valence-corrected chi connectivity index (χ1v) is 45.6. The molecule has 4 amide bonds. The molecule has 0 fully saturated rings. The maximum Gasteiger partial charge on any atom is 0.295 e. The zero-order chi connectivity index (χ0) is 89.1. The van der Waals surface area contributed by atoms with Gasteiger partial charge >= 0.3 is 0 Å². The second-order valence-electron chi connectivity index (χ2n) is 25.5. The Balaban J connectivity index is 0.676. The van der Waals surface area contributed by atoms with Gasteiger partial charge in [0.25, 0.3) is 64.1 Å². The van der Waals surface area contributed by atoms with Gasteiger partial charge < -0.3 is 57.5 Å². The van der Waals surface area contributed by atoms with Gasteiger partial charge in [0.15, 0.2) is 32.5 Å². The molecule has 10 aromatic rings. The molecule has 35 nitrogen and oxygen atoms in total. The van der Waals surface area contributed by atoms with Crippen molar-refractivity contribution in [1.29, 1.82) is 0 Å². The number of amides is 4. The first kappa shape index (κ1) is 94.2. The number of carbonyl (C=O) groups is 4. The van der Waals surface area contributed by atoms with Crippen LogP contribution < -0.4 is 75.1 Å². The fraction of sp³-hybridized carbons (Fsp3) is 0.0789. The van der Waals surface area contributed by atoms with Gasteiger partial charge in [-0.15, -0.1) is 0 Å². The summed E-state index contributed by atoms with van der Waals surface area (Å²) in [4.78, 5) is 51.9. The van der Waals surface area contributed by atoms with E-state index < -0.39 is 95.8 Å². The van der Waals surface area contributed by atoms with E-state index in [1.165, 1.54) is 85.2 Å². The van der Waals surface area contributed by atoms with Crippen molar-refractivity contribution in [3.05, 3.63) is 233 Å². The minimum Gasteiger partial charge on any atom is -0.506 e. The molecule has 2 unspecified atom stereocenters. The van der Waals surface area contributed by atoms with E-state index in [9.17, 15) is 81.3 Å². The lowest BCUT2D eigenvalue weighted by molar-refractivity contribution is -0.132. The number of benzene rings is 10. The fourth-order valence-corrected chi connectivity index (χ4v) is 17.1. The molecule has 0 aliphatic rings. The second kappa shape index (κ2) is 42.3. The van der Waals surface area contributed by atoms with Crippen LogP contribution >= 0.6 is 113 Å². The molecule has 0 aliphatic carbocycles. The lowest BCUT2D eigenvalue weighted by atomic mass is 10.1. The molecule has 0 saturated carbocycles. The highest BCUT2D eigenvalue weighted by atomic mass is 79.9. The van der Waals surface area contributed by atoms with Gasteiger partial charge in [-0.05, 0) is 265 Å². The lowest BCUT2D eigenvalue weighted by Crippen LogP contribution is -2.54. The third kappa shape index (κ3) is 27.4. The van der Waals surface area contributed by atoms with Gasteiger partial charge in [-0.2, -0.15) is 43.9 Å². The highest BCUT2D eigenvalue weighted by Crippen LogP contribution is 2.36. The minimum atomic E-state index is -5.02. The van der Waals surface area contributed by atoms with Crippen LogP contribution in [0.15, 0.2) is 230 Å². The van der Waals surface area contributed by atoms with E-state index in [1.54, 1.807) is 36.4 Å². The Hall–Kier alpha value is -11.1. The summed E-state index contributed by atoms with van der Waals surface area (Å²) in [6, 6.07) is 42.4. The van der Waals surface area contributed by atoms with E-state index >= 15 is 0 Å². The average Bonchev–Trinajstić information content (AvgIpc) is 0.802. The smallest absolute Gasteiger partial charge is 0.295 e. The maximum absolute atomic E-state index is 13.7. The summed E-state index contributed by atoms with van der Waals surface area (Å²) in [6.45, 7) is 0.350. The molecule has 0 spiro atoms. The van der Waals surface area contributed by atoms with Crippen LogP contribution in [-0.2, 0) is 64.4 Å². The van der Waals surface area contributed by atoms with Crippen molar-refractivity contribution in [1.82, 2.24) is 43.2 Å². The quantitative estimate of drug-likeness (QED) is 0.00378. The van der Waals surface area contributed by atoms with Crippen LogP contribution in [0.25, 0.3) is 45.8 Å². The van der Waals surface area contributed by atoms with Crippen molar-refractivity contribution >= 4 is 290 Å². The van der Waals surface area contributed by atoms with Gasteiger partial charge in [0.05, 0.1) is 43.5 Å². The normalized spacial score (nSPS) is 12.3. The van der Waals surface area contributed by atoms with Crippen LogP contribution in [0, 0.1) is 0 Å². The third-order valence-corrected chi connectivity index (χ3v) is 23.7. The van der Waals surface area contributed by atoms with E-state index in [0.29, 0.717) is 40.4 Å². The number of phenols is 2. The number of halogens is 4. The van der Waals surface area contributed by atoms with Crippen molar-refractivity contribution in [3.63, 3.8) is 0 Å². The maximum atomic E-state index is 13.7. The van der Waals surface area contributed by atoms with Gasteiger partial charge in [-0.25, -0.2) is 10.9 Å². The number of fused-ring (bicyclic) bond motifs is 2. The number of aromatic hydroxyl groups is 2. The van der Waals surface area contributed by atoms with E-state index in [4.69, 9.17) is 53.6 Å². The van der Waals surface area contributed by atoms with E-state index in [-0.39, 0.29) is 103 Å². The SMILES string of the molecule is O=C(N/N=C\c1cc(Br)c(O)c(Br)c1)C(Nc1ccc2ccccc2c1)C(=O)NNC(=S)Nc1ccc(/C=C/c2ccc(NC(=S)NCCOCCNC(=S)Nc3ccc(/C=C/c4ccc(NC(=S)NNC(=O)C(Nc5ccc6ccccc6c5)C(=O)N/N=C\c5cc(Br)c(O)c(Br)c5)cc4S(=O)(=O)O)c(S(=O)(=O)O)c3)cc2S(=O)(=O)O)c(S(=O)(=O)O)c1. The molecular formula is C76H66Br4N16O19S8. The molecule has 0 aromatic heterocycles. The second-order valence-corrected chi connectivity index (χ2v) is 36.1. The number of anilines is 6. The highest BCUT2D eigenvalue weighted by molar-refractivity contribution is 9.11. The van der Waals surface area contributed by atoms with Crippen LogP contribution in [0.4, 0.5) is 34.1 Å². The molecule has 0 radical (unpaired) electrons. The molecular weight excluding hydrogens is 2020 g/mol. The number of ether oxygens (including phenoxy) is 1. The minimum absolute atomic E-state index is 0.00542. The summed E-state index contributed by atoms with van der Waals surface area (Å²) in [5.74, 6) is -3.87. The topological polar surface area (TPSA) is 529 Å². The zero-order valence-corrected chi connectivity index (χ0v) is 75.3. The summed E-state index contributed by atoms with van der Waals surface area (Å²) in [6.07, 6.45) is 7.16. The van der Waals surface area contributed by atoms with Gasteiger partial charge in [-0.1, -0.05) is 109 Å². The fourth-order valence-electron chi connectivity index (χ4n) is 11.1. The predicted molar refractivity (Wildman–Crippen MR) is 498 cm³/mol. The number of carbonyl (C=O) groups excluding carboxylic acids is 4. The monoisotopic (exact) mass is 2080 g/mol. The Morgan fingerprint density at radius 1 is 0.366 bits per heavy atom. The summed E-state index contributed by atoms with van der Waals surface area (Å²) in [7, 11) is -20.0. The number of nitrogens with one attached hydrogen (secondary N) is 14. The Kier molecular flexibility index (Phi) is 32.4. The van der Waals surface area contributed by atoms with Gasteiger partial charge in [0.1, 0.15) is 31.1 Å². The number of hydrogen-bond donors (Lipinski definition) is 20. The van der Waals surface area contributed by atoms with Crippen LogP contribution in [0.1, 0.15) is 33.4 Å². The highest BCUT2D eigenvalue weighted by Gasteiger charge is 2.30. The summed E-state index contributed by atoms with van der Waals surface area (Å²) in [5, 5.41) is 53.2. The van der Waals surface area contributed by atoms with E-state index in [0.717, 1.165) is 70.1 Å². The summed E-state index contributed by atoms with van der Waals surface area (Å²) < 4.78 is 150. The van der Waals surface area contributed by atoms with Crippen molar-refractivity contribution < 1.29 is 86.0 Å². The molecule has 0 heterocycles. The average molecular weight is 2080 g/mol. The number of thiocarbonyl (C=S) groups is 4. The standard InChI is InChI=1S/C76H66Br4N16O19S8/c77-57-29-41(30-58(78)67(57)97)39-83-91-69(99)65(85-51-19-13-43-5-1-3-7-49(43)33-51)71(101)93-95-75(118)89-55-23-17-47(63(37-55)122(109,110)111)11-9-45-15-21-53(35-61(45)120(103,104)105)87-73(116)81-25-27-115-28-26-82-74(117)88-54-22-16-46(62(36-54)121(106,107)108)10-12-48-18-24-56(38-64(48)123(112,113)114)90-76(119)96-94-72(102)66(86-52-20-14-44-6-2-4-8-50(44)34-52)70(100)92-84-40-42-31-59(79)68(98)60(80)32-42/h1-24,29-40,65-66,85-86,97-98H,25-28H2,(H,91,99)(H,92,100)(H,93,101)(H,94,102)(H2,81,87,116)(H2,82,88,117)(H2,89,95,118)(H2,90,96,119)(H,103,104,105)(H,106,107,108)(H,109,110,111)(H,112,113,114)/b11-9+,12-10+,83-39-,84-40-. The number of hydrazone groups is 2. The van der Waals surface area contributed by atoms with Crippen LogP contribution in [-0.4, -0.2) is 157 Å². The molecule has 0 bridgehead atoms. The van der Waals surface area contributed by atoms with Crippen molar-refractivity contribution in [2.75, 3.05) is 58.2 Å². The zero-order valence-electron chi connectivity index (χ0n) is 62.4. The Morgan fingerprint density at radius 3 is 0.951 bits per heavy atom. The van der Waals surface area contributed by atoms with Gasteiger partial charge in [-0.3, -0.25) is 59.1 Å². The molecule has 47 heteroatoms. The summed E-state index contributed by atoms with van der Waals surface area (Å²) >= 11 is 34.4. The van der Waals surface area contributed by atoms with Crippen molar-refractivity contribution in [3.8, 4) is 11.5 Å². The lowest BCUT2D eigenvalue weighted by Gasteiger charge is -2.19. The van der Waals surface area contributed by atoms with Crippen molar-refractivity contribution in [2.45, 2.75) is 31.7 Å². The Labute approximate surface area is 756 Å². The first-order valence-electron chi connectivity index (χ1n) is 35.0. The molecule has 0 saturated heterocycles. The third-order valence-electron chi connectivity index (χ3n) is 16.8. The van der Waals surface area contributed by atoms with Crippen LogP contribution in [0.3, 0.4) is 0 Å². The molecule has 123 heavy (non-hydrogen) atoms. The largest absolute Gasteiger partial charge is 0.506 e. The van der Waals surface area contributed by atoms with Gasteiger partial charge in [0.2, 0.25) is 0 Å². The van der Waals surface area contributed by atoms with Crippen LogP contribution in [0.5, 0.6) is 11.5 Å². The number of rotatable bonds is 30. The molecule has 10 aromatic carbocycles. The molecule has 640 valence electrons. The molecule has 20 N–H and O–H groups in total. The number of hydrogen-bond acceptors (Lipinski definition) is 23. The van der Waals surface area contributed by atoms with E-state index in [2.05, 4.69) is 149 Å².